The molecule has 7 nitrogen and oxygen atoms in total. The van der Waals surface area contributed by atoms with Gasteiger partial charge in [-0.3, -0.25) is 24.7 Å². The number of aromatic nitrogens is 4. The maximum absolute atomic E-state index is 10.9. The van der Waals surface area contributed by atoms with Crippen LogP contribution in [0.2, 0.25) is 0 Å². The molecule has 14 heavy (non-hydrogen) atoms. The molecule has 0 aliphatic rings. The standard InChI is InChI=1S/C5H4N4O3.2Ag/c10-3-1-2(7-4(11)6-1)8-5(12)9-3;;/h(H4,6,7,8,9,10,11,12);;. The Balaban J connectivity index is 0.000000845. The number of H-pyrrole nitrogens is 4. The molecule has 0 bridgehead atoms. The van der Waals surface area contributed by atoms with Crippen molar-refractivity contribution in [3.05, 3.63) is 31.3 Å². The normalized spacial score (nSPS) is 9.14. The van der Waals surface area contributed by atoms with Crippen molar-refractivity contribution in [1.29, 1.82) is 0 Å². The smallest absolute Gasteiger partial charge is 0.300 e. The van der Waals surface area contributed by atoms with Crippen molar-refractivity contribution in [2.45, 2.75) is 0 Å². The van der Waals surface area contributed by atoms with Crippen molar-refractivity contribution in [1.82, 2.24) is 19.9 Å². The van der Waals surface area contributed by atoms with Gasteiger partial charge in [-0.05, 0) is 0 Å². The number of imidazole rings is 1. The quantitative estimate of drug-likeness (QED) is 0.403. The third kappa shape index (κ3) is 2.27. The Kier molecular flexibility index (Phi) is 4.59. The summed E-state index contributed by atoms with van der Waals surface area (Å²) in [7, 11) is 0. The first-order valence-corrected chi connectivity index (χ1v) is 3.11. The zero-order valence-corrected chi connectivity index (χ0v) is 9.29. The van der Waals surface area contributed by atoms with E-state index in [2.05, 4.69) is 15.0 Å². The first kappa shape index (κ1) is 13.4. The fourth-order valence-electron chi connectivity index (χ4n) is 0.958. The van der Waals surface area contributed by atoms with E-state index in [0.29, 0.717) is 0 Å². The Hall–Kier alpha value is -0.569. The van der Waals surface area contributed by atoms with Gasteiger partial charge < -0.3 is 0 Å². The van der Waals surface area contributed by atoms with Crippen molar-refractivity contribution in [3.8, 4) is 0 Å². The van der Waals surface area contributed by atoms with E-state index >= 15 is 0 Å². The summed E-state index contributed by atoms with van der Waals surface area (Å²) in [5.41, 5.74) is -1.65. The van der Waals surface area contributed by atoms with Crippen LogP contribution in [-0.4, -0.2) is 19.9 Å². The topological polar surface area (TPSA) is 114 Å². The second-order valence-corrected chi connectivity index (χ2v) is 2.24. The molecule has 0 aromatic carbocycles. The Bertz CT molecular complexity index is 591. The van der Waals surface area contributed by atoms with Gasteiger partial charge in [-0.1, -0.05) is 0 Å². The zero-order valence-electron chi connectivity index (χ0n) is 6.33. The summed E-state index contributed by atoms with van der Waals surface area (Å²) in [6, 6.07) is 0. The molecule has 2 aromatic rings. The fourth-order valence-corrected chi connectivity index (χ4v) is 0.958. The number of nitrogens with one attached hydrogen (secondary N) is 4. The van der Waals surface area contributed by atoms with E-state index in [-0.39, 0.29) is 55.9 Å². The predicted molar refractivity (Wildman–Crippen MR) is 40.2 cm³/mol. The molecule has 4 N–H and O–H groups in total. The summed E-state index contributed by atoms with van der Waals surface area (Å²) >= 11 is 0. The van der Waals surface area contributed by atoms with Crippen LogP contribution in [0.1, 0.15) is 0 Å². The predicted octanol–water partition coefficient (Wildman–Crippen LogP) is -1.77. The van der Waals surface area contributed by atoms with Gasteiger partial charge in [0.1, 0.15) is 11.2 Å². The van der Waals surface area contributed by atoms with Crippen LogP contribution >= 0.6 is 0 Å². The van der Waals surface area contributed by atoms with E-state index in [1.54, 1.807) is 0 Å². The first-order valence-electron chi connectivity index (χ1n) is 3.11. The molecule has 9 heteroatoms. The van der Waals surface area contributed by atoms with E-state index in [1.807, 2.05) is 4.98 Å². The van der Waals surface area contributed by atoms with E-state index in [9.17, 15) is 14.4 Å². The summed E-state index contributed by atoms with van der Waals surface area (Å²) in [6.07, 6.45) is 0. The summed E-state index contributed by atoms with van der Waals surface area (Å²) in [6.45, 7) is 0. The SMILES string of the molecule is O=c1[nH]c(=O)c2[nH]c(=O)[nH]c2[nH]1.[Ag].[Ag]. The maximum atomic E-state index is 10.9. The molecule has 2 aromatic heterocycles. The number of fused-ring (bicyclic) bond motifs is 1. The molecule has 0 aliphatic carbocycles. The van der Waals surface area contributed by atoms with Crippen LogP contribution in [0.15, 0.2) is 14.4 Å². The minimum Gasteiger partial charge on any atom is -0.300 e. The van der Waals surface area contributed by atoms with Crippen LogP contribution in [0.25, 0.3) is 11.2 Å². The molecule has 2 heterocycles. The average molecular weight is 384 g/mol. The van der Waals surface area contributed by atoms with E-state index in [1.165, 1.54) is 0 Å². The molecule has 0 saturated heterocycles. The average Bonchev–Trinajstić information content (AvgIpc) is 2.29. The van der Waals surface area contributed by atoms with Crippen molar-refractivity contribution in [2.24, 2.45) is 0 Å². The van der Waals surface area contributed by atoms with Gasteiger partial charge >= 0.3 is 11.4 Å². The monoisotopic (exact) mass is 382 g/mol. The van der Waals surface area contributed by atoms with Crippen molar-refractivity contribution >= 4 is 11.2 Å². The maximum Gasteiger partial charge on any atom is 0.327 e. The number of hydrogen-bond donors (Lipinski definition) is 4. The van der Waals surface area contributed by atoms with Gasteiger partial charge in [0.15, 0.2) is 0 Å². The van der Waals surface area contributed by atoms with Crippen molar-refractivity contribution in [3.63, 3.8) is 0 Å². The number of aromatic amines is 4. The number of rotatable bonds is 0. The molecule has 0 saturated carbocycles. The third-order valence-corrected chi connectivity index (χ3v) is 1.42. The second-order valence-electron chi connectivity index (χ2n) is 2.24. The fraction of sp³-hybridized carbons (Fsp3) is 0. The minimum absolute atomic E-state index is 0. The zero-order chi connectivity index (χ0) is 8.72. The third-order valence-electron chi connectivity index (χ3n) is 1.42. The largest absolute Gasteiger partial charge is 0.327 e. The molecule has 0 aliphatic heterocycles. The van der Waals surface area contributed by atoms with Gasteiger partial charge in [0.05, 0.1) is 0 Å². The number of hydrogen-bond acceptors (Lipinski definition) is 3. The molecule has 0 atom stereocenters. The summed E-state index contributed by atoms with van der Waals surface area (Å²) < 4.78 is 0. The van der Waals surface area contributed by atoms with Gasteiger partial charge in [0.25, 0.3) is 5.56 Å². The van der Waals surface area contributed by atoms with Crippen molar-refractivity contribution in [2.75, 3.05) is 0 Å². The first-order chi connectivity index (χ1) is 5.66. The Morgan fingerprint density at radius 3 is 1.79 bits per heavy atom. The molecular formula is C5H4Ag2N4O3. The van der Waals surface area contributed by atoms with Gasteiger partial charge in [-0.15, -0.1) is 0 Å². The molecule has 0 amide bonds. The molecule has 0 spiro atoms. The van der Waals surface area contributed by atoms with Crippen molar-refractivity contribution < 1.29 is 44.8 Å². The van der Waals surface area contributed by atoms with E-state index in [0.717, 1.165) is 0 Å². The van der Waals surface area contributed by atoms with E-state index in [4.69, 9.17) is 0 Å². The summed E-state index contributed by atoms with van der Waals surface area (Å²) in [5, 5.41) is 0. The second kappa shape index (κ2) is 4.78. The van der Waals surface area contributed by atoms with Gasteiger partial charge in [-0.25, -0.2) is 9.59 Å². The molecular weight excluding hydrogens is 380 g/mol. The van der Waals surface area contributed by atoms with Crippen LogP contribution in [0.5, 0.6) is 0 Å². The molecule has 2 rings (SSSR count). The molecule has 0 fully saturated rings. The molecule has 0 unspecified atom stereocenters. The Morgan fingerprint density at radius 2 is 1.21 bits per heavy atom. The van der Waals surface area contributed by atoms with Crippen LogP contribution in [0.3, 0.4) is 0 Å². The van der Waals surface area contributed by atoms with Crippen LogP contribution in [0, 0.1) is 0 Å². The van der Waals surface area contributed by atoms with Gasteiger partial charge in [0, 0.05) is 44.8 Å². The molecule has 2 radical (unpaired) electrons. The molecule has 84 valence electrons. The summed E-state index contributed by atoms with van der Waals surface area (Å²) in [4.78, 5) is 41.0. The minimum atomic E-state index is -0.650. The van der Waals surface area contributed by atoms with Crippen LogP contribution in [-0.2, 0) is 44.8 Å². The van der Waals surface area contributed by atoms with E-state index < -0.39 is 16.9 Å². The van der Waals surface area contributed by atoms with Gasteiger partial charge in [-0.2, -0.15) is 0 Å². The Labute approximate surface area is 107 Å². The van der Waals surface area contributed by atoms with Crippen LogP contribution in [0.4, 0.5) is 0 Å². The summed E-state index contributed by atoms with van der Waals surface area (Å²) in [5.74, 6) is 0. The van der Waals surface area contributed by atoms with Gasteiger partial charge in [0.2, 0.25) is 0 Å². The van der Waals surface area contributed by atoms with Crippen LogP contribution < -0.4 is 16.9 Å². The Morgan fingerprint density at radius 1 is 0.714 bits per heavy atom.